The topological polar surface area (TPSA) is 67.0 Å². The molecule has 2 heterocycles. The van der Waals surface area contributed by atoms with Crippen molar-refractivity contribution in [3.8, 4) is 0 Å². The van der Waals surface area contributed by atoms with E-state index < -0.39 is 0 Å². The van der Waals surface area contributed by atoms with Gasteiger partial charge in [-0.3, -0.25) is 9.59 Å². The molecule has 6 heteroatoms. The molecule has 1 fully saturated rings. The lowest BCUT2D eigenvalue weighted by atomic mass is 10.0. The van der Waals surface area contributed by atoms with Gasteiger partial charge in [0.15, 0.2) is 5.76 Å². The summed E-state index contributed by atoms with van der Waals surface area (Å²) >= 11 is 0. The van der Waals surface area contributed by atoms with E-state index in [1.54, 1.807) is 12.1 Å². The maximum atomic E-state index is 12.3. The van der Waals surface area contributed by atoms with Crippen LogP contribution in [0.25, 0.3) is 0 Å². The Kier molecular flexibility index (Phi) is 6.29. The van der Waals surface area contributed by atoms with Gasteiger partial charge in [0, 0.05) is 5.56 Å². The fourth-order valence-electron chi connectivity index (χ4n) is 3.32. The molecular weight excluding hydrogens is 342 g/mol. The molecule has 1 saturated heterocycles. The molecule has 0 aliphatic carbocycles. The first-order valence-corrected chi connectivity index (χ1v) is 9.55. The largest absolute Gasteiger partial charge is 0.459 e. The van der Waals surface area contributed by atoms with Gasteiger partial charge in [0.25, 0.3) is 5.91 Å². The van der Waals surface area contributed by atoms with E-state index in [1.165, 1.54) is 22.3 Å². The van der Waals surface area contributed by atoms with Crippen molar-refractivity contribution in [2.45, 2.75) is 26.3 Å². The average Bonchev–Trinajstić information content (AvgIpc) is 3.22. The molecule has 0 atom stereocenters. The zero-order chi connectivity index (χ0) is 19.2. The van der Waals surface area contributed by atoms with Gasteiger partial charge in [-0.25, -0.2) is 0 Å². The lowest BCUT2D eigenvalue weighted by molar-refractivity contribution is -0.917. The number of hydrogen-bond donors (Lipinski definition) is 2. The van der Waals surface area contributed by atoms with Crippen LogP contribution in [0, 0.1) is 0 Å². The molecule has 0 unspecified atom stereocenters. The van der Waals surface area contributed by atoms with E-state index in [9.17, 15) is 9.59 Å². The van der Waals surface area contributed by atoms with Crippen molar-refractivity contribution in [1.82, 2.24) is 10.2 Å². The van der Waals surface area contributed by atoms with Gasteiger partial charge in [0.2, 0.25) is 5.91 Å². The third-order valence-electron chi connectivity index (χ3n) is 5.07. The summed E-state index contributed by atoms with van der Waals surface area (Å²) in [5.41, 5.74) is 2.70. The summed E-state index contributed by atoms with van der Waals surface area (Å²) in [7, 11) is 0. The number of furan rings is 1. The molecule has 1 aromatic heterocycles. The Morgan fingerprint density at radius 3 is 2.44 bits per heavy atom. The fourth-order valence-corrected chi connectivity index (χ4v) is 3.32. The van der Waals surface area contributed by atoms with Crippen LogP contribution in [0.1, 0.15) is 41.4 Å². The molecule has 3 rings (SSSR count). The second kappa shape index (κ2) is 8.86. The molecule has 1 aliphatic rings. The number of piperazine rings is 1. The summed E-state index contributed by atoms with van der Waals surface area (Å²) in [6, 6.07) is 12.1. The Morgan fingerprint density at radius 2 is 1.85 bits per heavy atom. The molecule has 2 amide bonds. The molecule has 1 aromatic carbocycles. The van der Waals surface area contributed by atoms with Gasteiger partial charge < -0.3 is 19.5 Å². The zero-order valence-electron chi connectivity index (χ0n) is 16.0. The lowest BCUT2D eigenvalue weighted by Gasteiger charge is -2.32. The molecule has 1 aliphatic heterocycles. The summed E-state index contributed by atoms with van der Waals surface area (Å²) in [6.45, 7) is 8.67. The predicted molar refractivity (Wildman–Crippen MR) is 103 cm³/mol. The Bertz CT molecular complexity index is 745. The van der Waals surface area contributed by atoms with Crippen LogP contribution in [0.5, 0.6) is 0 Å². The Morgan fingerprint density at radius 1 is 1.15 bits per heavy atom. The molecule has 0 bridgehead atoms. The van der Waals surface area contributed by atoms with E-state index in [2.05, 4.69) is 43.4 Å². The molecule has 0 spiro atoms. The number of rotatable bonds is 6. The first-order chi connectivity index (χ1) is 13.0. The van der Waals surface area contributed by atoms with Crippen LogP contribution in [-0.2, 0) is 11.3 Å². The van der Waals surface area contributed by atoms with Gasteiger partial charge in [-0.15, -0.1) is 0 Å². The van der Waals surface area contributed by atoms with Crippen LogP contribution in [0.4, 0.5) is 0 Å². The summed E-state index contributed by atoms with van der Waals surface area (Å²) in [5, 5.41) is 2.62. The number of nitrogens with zero attached hydrogens (tertiary/aromatic N) is 1. The monoisotopic (exact) mass is 370 g/mol. The van der Waals surface area contributed by atoms with Crippen molar-refractivity contribution in [3.05, 3.63) is 59.5 Å². The van der Waals surface area contributed by atoms with E-state index in [-0.39, 0.29) is 24.1 Å². The van der Waals surface area contributed by atoms with Crippen molar-refractivity contribution >= 4 is 11.8 Å². The van der Waals surface area contributed by atoms with Gasteiger partial charge in [-0.1, -0.05) is 38.1 Å². The van der Waals surface area contributed by atoms with Crippen LogP contribution < -0.4 is 10.2 Å². The summed E-state index contributed by atoms with van der Waals surface area (Å²) in [5.74, 6) is 0.368. The van der Waals surface area contributed by atoms with Crippen molar-refractivity contribution in [3.63, 3.8) is 0 Å². The van der Waals surface area contributed by atoms with Gasteiger partial charge in [0.1, 0.15) is 6.54 Å². The van der Waals surface area contributed by atoms with Gasteiger partial charge in [-0.2, -0.15) is 0 Å². The predicted octanol–water partition coefficient (Wildman–Crippen LogP) is 1.06. The van der Waals surface area contributed by atoms with Crippen molar-refractivity contribution < 1.29 is 18.9 Å². The Hall–Kier alpha value is -2.60. The minimum absolute atomic E-state index is 0.00549. The third-order valence-corrected chi connectivity index (χ3v) is 5.07. The van der Waals surface area contributed by atoms with E-state index >= 15 is 0 Å². The molecule has 2 N–H and O–H groups in total. The standard InChI is InChI=1S/C21H27N3O3/c1-16(2)18-7-5-17(6-8-18)15-23-9-11-24(12-10-23)20(25)14-22-21(26)19-4-3-13-27-19/h3-8,13,16H,9-12,14-15H2,1-2H3,(H,22,26)/p+1. The first-order valence-electron chi connectivity index (χ1n) is 9.55. The van der Waals surface area contributed by atoms with Crippen LogP contribution in [0.2, 0.25) is 0 Å². The Balaban J connectivity index is 1.41. The molecule has 0 saturated carbocycles. The van der Waals surface area contributed by atoms with E-state index in [0.717, 1.165) is 32.7 Å². The number of amides is 2. The maximum absolute atomic E-state index is 12.3. The number of benzene rings is 1. The van der Waals surface area contributed by atoms with Crippen LogP contribution in [0.15, 0.2) is 47.1 Å². The minimum atomic E-state index is -0.359. The minimum Gasteiger partial charge on any atom is -0.459 e. The number of nitrogens with one attached hydrogen (secondary N) is 2. The lowest BCUT2D eigenvalue weighted by Crippen LogP contribution is -3.13. The third kappa shape index (κ3) is 5.20. The molecule has 2 aromatic rings. The molecule has 144 valence electrons. The summed E-state index contributed by atoms with van der Waals surface area (Å²) in [4.78, 5) is 27.5. The SMILES string of the molecule is CC(C)c1ccc(C[NH+]2CCN(C(=O)CNC(=O)c3ccco3)CC2)cc1. The highest BCUT2D eigenvalue weighted by Crippen LogP contribution is 2.14. The zero-order valence-corrected chi connectivity index (χ0v) is 16.0. The summed E-state index contributed by atoms with van der Waals surface area (Å²) in [6.07, 6.45) is 1.44. The number of carbonyl (C=O) groups is 2. The Labute approximate surface area is 160 Å². The highest BCUT2D eigenvalue weighted by atomic mass is 16.3. The molecule has 6 nitrogen and oxygen atoms in total. The first kappa shape index (κ1) is 19.2. The van der Waals surface area contributed by atoms with Crippen LogP contribution >= 0.6 is 0 Å². The van der Waals surface area contributed by atoms with E-state index in [4.69, 9.17) is 4.42 Å². The van der Waals surface area contributed by atoms with Gasteiger partial charge >= 0.3 is 0 Å². The molecule has 0 radical (unpaired) electrons. The normalized spacial score (nSPS) is 15.1. The average molecular weight is 370 g/mol. The van der Waals surface area contributed by atoms with E-state index in [0.29, 0.717) is 5.92 Å². The van der Waals surface area contributed by atoms with Crippen LogP contribution in [-0.4, -0.2) is 49.4 Å². The molecule has 27 heavy (non-hydrogen) atoms. The second-order valence-corrected chi connectivity index (χ2v) is 7.36. The number of carbonyl (C=O) groups excluding carboxylic acids is 2. The van der Waals surface area contributed by atoms with E-state index in [1.807, 2.05) is 4.90 Å². The fraction of sp³-hybridized carbons (Fsp3) is 0.429. The van der Waals surface area contributed by atoms with Crippen molar-refractivity contribution in [2.24, 2.45) is 0 Å². The van der Waals surface area contributed by atoms with Crippen molar-refractivity contribution in [1.29, 1.82) is 0 Å². The van der Waals surface area contributed by atoms with Gasteiger partial charge in [-0.05, 0) is 23.6 Å². The smallest absolute Gasteiger partial charge is 0.287 e. The van der Waals surface area contributed by atoms with Crippen LogP contribution in [0.3, 0.4) is 0 Å². The van der Waals surface area contributed by atoms with Crippen molar-refractivity contribution in [2.75, 3.05) is 32.7 Å². The maximum Gasteiger partial charge on any atom is 0.287 e. The quantitative estimate of drug-likeness (QED) is 0.799. The highest BCUT2D eigenvalue weighted by molar-refractivity contribution is 5.94. The highest BCUT2D eigenvalue weighted by Gasteiger charge is 2.24. The summed E-state index contributed by atoms with van der Waals surface area (Å²) < 4.78 is 5.02. The molecular formula is C21H28N3O3+. The second-order valence-electron chi connectivity index (χ2n) is 7.36. The van der Waals surface area contributed by atoms with Gasteiger partial charge in [0.05, 0.1) is 39.0 Å². The number of hydrogen-bond acceptors (Lipinski definition) is 3. The number of quaternary nitrogens is 1.